The molecular formula is C18H19N3O3S2. The number of nitrogens with zero attached hydrogens (tertiary/aromatic N) is 1. The van der Waals surface area contributed by atoms with Gasteiger partial charge in [-0.05, 0) is 17.5 Å². The lowest BCUT2D eigenvalue weighted by molar-refractivity contribution is -0.131. The molecule has 0 spiro atoms. The number of aromatic amines is 1. The molecule has 6 nitrogen and oxygen atoms in total. The predicted molar refractivity (Wildman–Crippen MR) is 102 cm³/mol. The molecule has 1 aliphatic rings. The van der Waals surface area contributed by atoms with Crippen molar-refractivity contribution >= 4 is 38.2 Å². The SMILES string of the molecule is O=C(CCNS(=O)(=O)c1cccs1)N1CCc2[nH]c3ccccc3c2C1. The molecule has 1 aliphatic heterocycles. The highest BCUT2D eigenvalue weighted by molar-refractivity contribution is 7.91. The number of hydrogen-bond donors (Lipinski definition) is 2. The first-order valence-corrected chi connectivity index (χ1v) is 10.8. The zero-order valence-electron chi connectivity index (χ0n) is 14.1. The highest BCUT2D eigenvalue weighted by Gasteiger charge is 2.24. The van der Waals surface area contributed by atoms with E-state index in [1.807, 2.05) is 23.1 Å². The van der Waals surface area contributed by atoms with Crippen LogP contribution in [0.5, 0.6) is 0 Å². The number of amides is 1. The maximum absolute atomic E-state index is 12.5. The van der Waals surface area contributed by atoms with Crippen LogP contribution < -0.4 is 4.72 Å². The predicted octanol–water partition coefficient (Wildman–Crippen LogP) is 2.48. The number of para-hydroxylation sites is 1. The van der Waals surface area contributed by atoms with Gasteiger partial charge in [0.15, 0.2) is 0 Å². The standard InChI is InChI=1S/C18H19N3O3S2/c22-17(7-9-19-26(23,24)18-6-3-11-25-18)21-10-8-16-14(12-21)13-4-1-2-5-15(13)20-16/h1-6,11,19-20H,7-10,12H2. The van der Waals surface area contributed by atoms with Gasteiger partial charge in [0.25, 0.3) is 0 Å². The average molecular weight is 390 g/mol. The van der Waals surface area contributed by atoms with Crippen LogP contribution in [-0.4, -0.2) is 37.3 Å². The quantitative estimate of drug-likeness (QED) is 0.703. The first-order valence-electron chi connectivity index (χ1n) is 8.44. The van der Waals surface area contributed by atoms with Gasteiger partial charge in [0, 0.05) is 54.6 Å². The lowest BCUT2D eigenvalue weighted by Gasteiger charge is -2.27. The summed E-state index contributed by atoms with van der Waals surface area (Å²) < 4.78 is 27.0. The van der Waals surface area contributed by atoms with Crippen molar-refractivity contribution in [2.24, 2.45) is 0 Å². The van der Waals surface area contributed by atoms with E-state index in [0.29, 0.717) is 13.1 Å². The number of carbonyl (C=O) groups is 1. The number of thiophene rings is 1. The number of sulfonamides is 1. The number of carbonyl (C=O) groups excluding carboxylic acids is 1. The molecule has 0 bridgehead atoms. The summed E-state index contributed by atoms with van der Waals surface area (Å²) in [5, 5.41) is 2.87. The number of rotatable bonds is 5. The summed E-state index contributed by atoms with van der Waals surface area (Å²) in [6.07, 6.45) is 0.943. The highest BCUT2D eigenvalue weighted by atomic mass is 32.2. The number of benzene rings is 1. The minimum absolute atomic E-state index is 0.0326. The number of fused-ring (bicyclic) bond motifs is 3. The minimum atomic E-state index is -3.52. The Kier molecular flexibility index (Phi) is 4.56. The molecule has 0 unspecified atom stereocenters. The van der Waals surface area contributed by atoms with Gasteiger partial charge >= 0.3 is 0 Å². The molecule has 4 rings (SSSR count). The summed E-state index contributed by atoms with van der Waals surface area (Å²) in [7, 11) is -3.52. The molecule has 2 aromatic heterocycles. The molecule has 2 N–H and O–H groups in total. The topological polar surface area (TPSA) is 82.3 Å². The number of aromatic nitrogens is 1. The van der Waals surface area contributed by atoms with E-state index in [1.165, 1.54) is 11.3 Å². The van der Waals surface area contributed by atoms with E-state index in [-0.39, 0.29) is 23.1 Å². The van der Waals surface area contributed by atoms with Crippen molar-refractivity contribution in [1.82, 2.24) is 14.6 Å². The van der Waals surface area contributed by atoms with Crippen LogP contribution in [0.15, 0.2) is 46.0 Å². The van der Waals surface area contributed by atoms with Crippen molar-refractivity contribution < 1.29 is 13.2 Å². The third kappa shape index (κ3) is 3.27. The Balaban J connectivity index is 1.39. The van der Waals surface area contributed by atoms with Gasteiger partial charge in [-0.2, -0.15) is 0 Å². The molecule has 0 atom stereocenters. The Morgan fingerprint density at radius 2 is 2.08 bits per heavy atom. The Morgan fingerprint density at radius 3 is 2.88 bits per heavy atom. The summed E-state index contributed by atoms with van der Waals surface area (Å²) in [6.45, 7) is 1.32. The van der Waals surface area contributed by atoms with Gasteiger partial charge in [-0.3, -0.25) is 4.79 Å². The molecule has 8 heteroatoms. The van der Waals surface area contributed by atoms with E-state index in [1.54, 1.807) is 17.5 Å². The van der Waals surface area contributed by atoms with Crippen molar-refractivity contribution in [1.29, 1.82) is 0 Å². The van der Waals surface area contributed by atoms with Crippen molar-refractivity contribution in [2.75, 3.05) is 13.1 Å². The van der Waals surface area contributed by atoms with Gasteiger partial charge in [0.1, 0.15) is 4.21 Å². The van der Waals surface area contributed by atoms with Crippen LogP contribution in [0.4, 0.5) is 0 Å². The molecule has 0 radical (unpaired) electrons. The monoisotopic (exact) mass is 389 g/mol. The maximum atomic E-state index is 12.5. The largest absolute Gasteiger partial charge is 0.358 e. The third-order valence-corrected chi connectivity index (χ3v) is 7.48. The second-order valence-corrected chi connectivity index (χ2v) is 9.21. The average Bonchev–Trinajstić information content (AvgIpc) is 3.29. The number of H-pyrrole nitrogens is 1. The summed E-state index contributed by atoms with van der Waals surface area (Å²) in [6, 6.07) is 11.3. The van der Waals surface area contributed by atoms with E-state index < -0.39 is 10.0 Å². The first-order chi connectivity index (χ1) is 12.5. The number of hydrogen-bond acceptors (Lipinski definition) is 4. The minimum Gasteiger partial charge on any atom is -0.358 e. The van der Waals surface area contributed by atoms with Crippen molar-refractivity contribution in [3.05, 3.63) is 53.0 Å². The zero-order valence-corrected chi connectivity index (χ0v) is 15.7. The van der Waals surface area contributed by atoms with E-state index in [2.05, 4.69) is 15.8 Å². The first kappa shape index (κ1) is 17.3. The molecule has 0 saturated heterocycles. The van der Waals surface area contributed by atoms with Crippen LogP contribution in [0.3, 0.4) is 0 Å². The summed E-state index contributed by atoms with van der Waals surface area (Å²) in [4.78, 5) is 17.8. The fourth-order valence-electron chi connectivity index (χ4n) is 3.32. The van der Waals surface area contributed by atoms with Crippen LogP contribution in [0.25, 0.3) is 10.9 Å². The highest BCUT2D eigenvalue weighted by Crippen LogP contribution is 2.27. The molecule has 26 heavy (non-hydrogen) atoms. The van der Waals surface area contributed by atoms with E-state index in [0.717, 1.165) is 28.7 Å². The molecule has 1 aromatic carbocycles. The Morgan fingerprint density at radius 1 is 1.23 bits per heavy atom. The van der Waals surface area contributed by atoms with E-state index in [4.69, 9.17) is 0 Å². The molecule has 136 valence electrons. The summed E-state index contributed by atoms with van der Waals surface area (Å²) >= 11 is 1.16. The molecule has 1 amide bonds. The van der Waals surface area contributed by atoms with E-state index >= 15 is 0 Å². The van der Waals surface area contributed by atoms with Crippen molar-refractivity contribution in [2.45, 2.75) is 23.6 Å². The summed E-state index contributed by atoms with van der Waals surface area (Å²) in [5.74, 6) is -0.0326. The van der Waals surface area contributed by atoms with Crippen LogP contribution >= 0.6 is 11.3 Å². The van der Waals surface area contributed by atoms with E-state index in [9.17, 15) is 13.2 Å². The molecule has 0 aliphatic carbocycles. The smallest absolute Gasteiger partial charge is 0.250 e. The number of nitrogens with one attached hydrogen (secondary N) is 2. The second kappa shape index (κ2) is 6.86. The molecule has 3 aromatic rings. The van der Waals surface area contributed by atoms with Crippen LogP contribution in [0.1, 0.15) is 17.7 Å². The van der Waals surface area contributed by atoms with Crippen LogP contribution in [0.2, 0.25) is 0 Å². The van der Waals surface area contributed by atoms with Gasteiger partial charge in [-0.1, -0.05) is 24.3 Å². The molecule has 0 fully saturated rings. The van der Waals surface area contributed by atoms with Gasteiger partial charge in [-0.25, -0.2) is 13.1 Å². The molecular weight excluding hydrogens is 370 g/mol. The Bertz CT molecular complexity index is 1040. The zero-order chi connectivity index (χ0) is 18.1. The van der Waals surface area contributed by atoms with Gasteiger partial charge in [-0.15, -0.1) is 11.3 Å². The van der Waals surface area contributed by atoms with Crippen molar-refractivity contribution in [3.8, 4) is 0 Å². The fourth-order valence-corrected chi connectivity index (χ4v) is 5.39. The second-order valence-electron chi connectivity index (χ2n) is 6.27. The van der Waals surface area contributed by atoms with Gasteiger partial charge in [0.2, 0.25) is 15.9 Å². The van der Waals surface area contributed by atoms with Crippen LogP contribution in [0, 0.1) is 0 Å². The maximum Gasteiger partial charge on any atom is 0.250 e. The Labute approximate surface area is 155 Å². The van der Waals surface area contributed by atoms with Gasteiger partial charge < -0.3 is 9.88 Å². The third-order valence-electron chi connectivity index (χ3n) is 4.63. The molecule has 3 heterocycles. The lowest BCUT2D eigenvalue weighted by Crippen LogP contribution is -2.37. The van der Waals surface area contributed by atoms with Crippen molar-refractivity contribution in [3.63, 3.8) is 0 Å². The lowest BCUT2D eigenvalue weighted by atomic mass is 10.0. The molecule has 0 saturated carbocycles. The fraction of sp³-hybridized carbons (Fsp3) is 0.278. The van der Waals surface area contributed by atoms with Crippen LogP contribution in [-0.2, 0) is 27.8 Å². The Hall–Kier alpha value is -2.16. The normalized spacial score (nSPS) is 14.5. The van der Waals surface area contributed by atoms with Gasteiger partial charge in [0.05, 0.1) is 0 Å². The summed E-state index contributed by atoms with van der Waals surface area (Å²) in [5.41, 5.74) is 3.45.